The maximum Gasteiger partial charge on any atom is 0.311 e. The molecule has 1 aromatic heterocycles. The van der Waals surface area contributed by atoms with Crippen molar-refractivity contribution in [3.8, 4) is 0 Å². The van der Waals surface area contributed by atoms with Gasteiger partial charge in [-0.15, -0.1) is 0 Å². The Balaban J connectivity index is 2.36. The van der Waals surface area contributed by atoms with Crippen LogP contribution in [0.1, 0.15) is 0 Å². The number of hydrogen-bond donors (Lipinski definition) is 3. The van der Waals surface area contributed by atoms with E-state index in [1.807, 2.05) is 4.90 Å². The normalized spacial score (nSPS) is 15.7. The lowest BCUT2D eigenvalue weighted by Gasteiger charge is -2.28. The largest absolute Gasteiger partial charge is 0.348 e. The number of pyridine rings is 1. The van der Waals surface area contributed by atoms with E-state index in [0.29, 0.717) is 24.7 Å². The zero-order chi connectivity index (χ0) is 12.3. The van der Waals surface area contributed by atoms with E-state index < -0.39 is 4.92 Å². The van der Waals surface area contributed by atoms with Gasteiger partial charge in [-0.05, 0) is 6.07 Å². The van der Waals surface area contributed by atoms with Crippen molar-refractivity contribution in [2.45, 2.75) is 0 Å². The smallest absolute Gasteiger partial charge is 0.311 e. The second-order valence-electron chi connectivity index (χ2n) is 3.68. The second kappa shape index (κ2) is 4.93. The standard InChI is InChI=1S/C9H14N6O2/c10-13-8-2-1-7(15(16)17)9(12-8)14-5-3-11-4-6-14/h1-2,11H,3-6,10H2,(H,12,13). The van der Waals surface area contributed by atoms with Gasteiger partial charge < -0.3 is 15.6 Å². The van der Waals surface area contributed by atoms with Crippen molar-refractivity contribution in [1.82, 2.24) is 10.3 Å². The second-order valence-corrected chi connectivity index (χ2v) is 3.68. The summed E-state index contributed by atoms with van der Waals surface area (Å²) >= 11 is 0. The highest BCUT2D eigenvalue weighted by Crippen LogP contribution is 2.27. The molecule has 4 N–H and O–H groups in total. The summed E-state index contributed by atoms with van der Waals surface area (Å²) < 4.78 is 0. The van der Waals surface area contributed by atoms with Crippen molar-refractivity contribution in [2.24, 2.45) is 5.84 Å². The van der Waals surface area contributed by atoms with Crippen molar-refractivity contribution in [3.05, 3.63) is 22.2 Å². The third kappa shape index (κ3) is 2.43. The molecule has 8 heteroatoms. The van der Waals surface area contributed by atoms with E-state index in [4.69, 9.17) is 5.84 Å². The lowest BCUT2D eigenvalue weighted by atomic mass is 10.3. The number of nitrogens with two attached hydrogens (primary N) is 1. The molecule has 0 radical (unpaired) electrons. The molecule has 1 aliphatic heterocycles. The van der Waals surface area contributed by atoms with Crippen LogP contribution in [0, 0.1) is 10.1 Å². The Morgan fingerprint density at radius 1 is 1.47 bits per heavy atom. The van der Waals surface area contributed by atoms with Gasteiger partial charge in [-0.3, -0.25) is 10.1 Å². The summed E-state index contributed by atoms with van der Waals surface area (Å²) in [5.74, 6) is 6.05. The Labute approximate surface area is 97.9 Å². The number of nitrogens with one attached hydrogen (secondary N) is 2. The van der Waals surface area contributed by atoms with Gasteiger partial charge in [-0.25, -0.2) is 10.8 Å². The summed E-state index contributed by atoms with van der Waals surface area (Å²) in [6, 6.07) is 2.91. The predicted octanol–water partition coefficient (Wildman–Crippen LogP) is -0.315. The molecule has 0 spiro atoms. The highest BCUT2D eigenvalue weighted by molar-refractivity contribution is 5.61. The Hall–Kier alpha value is -1.93. The summed E-state index contributed by atoms with van der Waals surface area (Å²) in [5, 5.41) is 14.1. The van der Waals surface area contributed by atoms with Gasteiger partial charge in [0, 0.05) is 32.2 Å². The van der Waals surface area contributed by atoms with Crippen LogP contribution in [0.25, 0.3) is 0 Å². The fourth-order valence-electron chi connectivity index (χ4n) is 1.77. The molecule has 0 atom stereocenters. The minimum absolute atomic E-state index is 0.00546. The van der Waals surface area contributed by atoms with Crippen LogP contribution in [0.4, 0.5) is 17.3 Å². The number of nitrogen functional groups attached to an aromatic ring is 1. The van der Waals surface area contributed by atoms with Gasteiger partial charge in [0.15, 0.2) is 0 Å². The SMILES string of the molecule is NNc1ccc([N+](=O)[O-])c(N2CCNCC2)n1. The van der Waals surface area contributed by atoms with Crippen molar-refractivity contribution < 1.29 is 4.92 Å². The molecule has 17 heavy (non-hydrogen) atoms. The third-order valence-corrected chi connectivity index (χ3v) is 2.62. The number of rotatable bonds is 3. The Morgan fingerprint density at radius 2 is 2.18 bits per heavy atom. The first kappa shape index (κ1) is 11.6. The van der Waals surface area contributed by atoms with E-state index in [9.17, 15) is 10.1 Å². The minimum atomic E-state index is -0.426. The fourth-order valence-corrected chi connectivity index (χ4v) is 1.77. The average Bonchev–Trinajstić information content (AvgIpc) is 2.39. The molecule has 2 rings (SSSR count). The van der Waals surface area contributed by atoms with Crippen molar-refractivity contribution in [2.75, 3.05) is 36.5 Å². The fraction of sp³-hybridized carbons (Fsp3) is 0.444. The minimum Gasteiger partial charge on any atom is -0.348 e. The summed E-state index contributed by atoms with van der Waals surface area (Å²) in [6.07, 6.45) is 0. The first-order valence-electron chi connectivity index (χ1n) is 5.30. The van der Waals surface area contributed by atoms with Gasteiger partial charge in [-0.1, -0.05) is 0 Å². The molecule has 1 aromatic rings. The first-order chi connectivity index (χ1) is 8.22. The molecular weight excluding hydrogens is 224 g/mol. The van der Waals surface area contributed by atoms with Crippen LogP contribution in [0.15, 0.2) is 12.1 Å². The van der Waals surface area contributed by atoms with Crippen LogP contribution in [-0.4, -0.2) is 36.1 Å². The molecule has 0 unspecified atom stereocenters. The van der Waals surface area contributed by atoms with Crippen LogP contribution in [0.5, 0.6) is 0 Å². The highest BCUT2D eigenvalue weighted by Gasteiger charge is 2.22. The molecule has 1 aliphatic rings. The van der Waals surface area contributed by atoms with Gasteiger partial charge in [0.2, 0.25) is 5.82 Å². The van der Waals surface area contributed by atoms with E-state index >= 15 is 0 Å². The number of piperazine rings is 1. The predicted molar refractivity (Wildman–Crippen MR) is 63.8 cm³/mol. The van der Waals surface area contributed by atoms with E-state index in [-0.39, 0.29) is 5.69 Å². The first-order valence-corrected chi connectivity index (χ1v) is 5.30. The Bertz CT molecular complexity index is 418. The molecule has 0 aromatic carbocycles. The lowest BCUT2D eigenvalue weighted by Crippen LogP contribution is -2.44. The number of anilines is 2. The molecule has 1 saturated heterocycles. The van der Waals surface area contributed by atoms with E-state index in [1.165, 1.54) is 12.1 Å². The maximum absolute atomic E-state index is 10.9. The van der Waals surface area contributed by atoms with Crippen LogP contribution in [-0.2, 0) is 0 Å². The topological polar surface area (TPSA) is 109 Å². The zero-order valence-electron chi connectivity index (χ0n) is 9.22. The molecule has 1 fully saturated rings. The van der Waals surface area contributed by atoms with Gasteiger partial charge in [0.05, 0.1) is 4.92 Å². The van der Waals surface area contributed by atoms with Crippen LogP contribution in [0.3, 0.4) is 0 Å². The molecule has 0 aliphatic carbocycles. The van der Waals surface area contributed by atoms with Crippen LogP contribution in [0.2, 0.25) is 0 Å². The van der Waals surface area contributed by atoms with Gasteiger partial charge >= 0.3 is 5.69 Å². The number of hydrazine groups is 1. The Morgan fingerprint density at radius 3 is 2.76 bits per heavy atom. The van der Waals surface area contributed by atoms with E-state index in [1.54, 1.807) is 0 Å². The average molecular weight is 238 g/mol. The summed E-state index contributed by atoms with van der Waals surface area (Å²) in [7, 11) is 0. The molecule has 2 heterocycles. The number of aromatic nitrogens is 1. The van der Waals surface area contributed by atoms with Crippen LogP contribution < -0.4 is 21.5 Å². The van der Waals surface area contributed by atoms with Crippen LogP contribution >= 0.6 is 0 Å². The molecule has 0 saturated carbocycles. The number of hydrogen-bond acceptors (Lipinski definition) is 7. The van der Waals surface area contributed by atoms with E-state index in [0.717, 1.165) is 13.1 Å². The van der Waals surface area contributed by atoms with Crippen molar-refractivity contribution in [3.63, 3.8) is 0 Å². The van der Waals surface area contributed by atoms with E-state index in [2.05, 4.69) is 15.7 Å². The van der Waals surface area contributed by atoms with Gasteiger partial charge in [0.25, 0.3) is 0 Å². The number of nitrogens with zero attached hydrogens (tertiary/aromatic N) is 3. The quantitative estimate of drug-likeness (QED) is 0.376. The number of nitro groups is 1. The van der Waals surface area contributed by atoms with Crippen molar-refractivity contribution in [1.29, 1.82) is 0 Å². The lowest BCUT2D eigenvalue weighted by molar-refractivity contribution is -0.384. The third-order valence-electron chi connectivity index (χ3n) is 2.62. The Kier molecular flexibility index (Phi) is 3.35. The van der Waals surface area contributed by atoms with Gasteiger partial charge in [-0.2, -0.15) is 0 Å². The maximum atomic E-state index is 10.9. The highest BCUT2D eigenvalue weighted by atomic mass is 16.6. The monoisotopic (exact) mass is 238 g/mol. The summed E-state index contributed by atoms with van der Waals surface area (Å²) in [5.41, 5.74) is 2.40. The molecular formula is C9H14N6O2. The molecule has 92 valence electrons. The van der Waals surface area contributed by atoms with Gasteiger partial charge in [0.1, 0.15) is 5.82 Å². The molecule has 0 amide bonds. The zero-order valence-corrected chi connectivity index (χ0v) is 9.22. The molecule has 0 bridgehead atoms. The van der Waals surface area contributed by atoms with Crippen molar-refractivity contribution >= 4 is 17.3 Å². The molecule has 8 nitrogen and oxygen atoms in total. The summed E-state index contributed by atoms with van der Waals surface area (Å²) in [4.78, 5) is 16.6. The summed E-state index contributed by atoms with van der Waals surface area (Å²) in [6.45, 7) is 2.97.